The Balaban J connectivity index is 1.77. The van der Waals surface area contributed by atoms with E-state index in [0.29, 0.717) is 12.2 Å². The quantitative estimate of drug-likeness (QED) is 0.744. The number of benzene rings is 1. The smallest absolute Gasteiger partial charge is 0.241 e. The van der Waals surface area contributed by atoms with Crippen molar-refractivity contribution in [2.24, 2.45) is 5.73 Å². The summed E-state index contributed by atoms with van der Waals surface area (Å²) in [6.45, 7) is 2.54. The fourth-order valence-electron chi connectivity index (χ4n) is 3.34. The molecule has 1 aliphatic heterocycles. The molecule has 1 unspecified atom stereocenters. The van der Waals surface area contributed by atoms with Gasteiger partial charge >= 0.3 is 0 Å². The second-order valence-electron chi connectivity index (χ2n) is 6.71. The maximum atomic E-state index is 13.3. The predicted octanol–water partition coefficient (Wildman–Crippen LogP) is 1.08. The Morgan fingerprint density at radius 2 is 2.07 bits per heavy atom. The fraction of sp³-hybridized carbons (Fsp3) is 0.350. The highest BCUT2D eigenvalue weighted by Gasteiger charge is 2.28. The van der Waals surface area contributed by atoms with Gasteiger partial charge in [0, 0.05) is 56.7 Å². The van der Waals surface area contributed by atoms with E-state index in [4.69, 9.17) is 5.73 Å². The average molecular weight is 385 g/mol. The van der Waals surface area contributed by atoms with Crippen LogP contribution in [0.15, 0.2) is 48.8 Å². The van der Waals surface area contributed by atoms with Crippen molar-refractivity contribution >= 4 is 17.5 Å². The molecule has 1 atom stereocenters. The molecule has 28 heavy (non-hydrogen) atoms. The molecular formula is C20H24FN5O2. The Bertz CT molecular complexity index is 800. The summed E-state index contributed by atoms with van der Waals surface area (Å²) < 4.78 is 13.3. The van der Waals surface area contributed by atoms with Crippen LogP contribution in [-0.2, 0) is 9.59 Å². The third kappa shape index (κ3) is 5.11. The van der Waals surface area contributed by atoms with Crippen LogP contribution in [0.4, 0.5) is 10.1 Å². The number of hydrogen-bond donors (Lipinski definition) is 2. The van der Waals surface area contributed by atoms with Gasteiger partial charge in [0.25, 0.3) is 0 Å². The number of carbonyl (C=O) groups excluding carboxylic acids is 2. The van der Waals surface area contributed by atoms with E-state index in [9.17, 15) is 14.0 Å². The molecule has 0 saturated carbocycles. The number of aromatic nitrogens is 1. The lowest BCUT2D eigenvalue weighted by Gasteiger charge is -2.37. The molecule has 0 aliphatic carbocycles. The Kier molecular flexibility index (Phi) is 6.67. The predicted molar refractivity (Wildman–Crippen MR) is 104 cm³/mol. The maximum Gasteiger partial charge on any atom is 0.241 e. The van der Waals surface area contributed by atoms with Gasteiger partial charge < -0.3 is 16.0 Å². The summed E-state index contributed by atoms with van der Waals surface area (Å²) >= 11 is 0. The highest BCUT2D eigenvalue weighted by molar-refractivity contribution is 5.95. The fourth-order valence-corrected chi connectivity index (χ4v) is 3.34. The number of nitrogens with zero attached hydrogens (tertiary/aromatic N) is 3. The van der Waals surface area contributed by atoms with Crippen molar-refractivity contribution in [1.29, 1.82) is 0 Å². The number of anilines is 1. The minimum absolute atomic E-state index is 0.0256. The summed E-state index contributed by atoms with van der Waals surface area (Å²) in [6.07, 6.45) is 3.56. The summed E-state index contributed by atoms with van der Waals surface area (Å²) in [6, 6.07) is 9.55. The number of piperazine rings is 1. The molecule has 1 aliphatic rings. The standard InChI is InChI=1S/C20H24FN5O2/c21-16-3-5-17(6-4-16)26(10-7-19(22)27)20(28)14-25-11-9-24-13-18(25)15-2-1-8-23-12-15/h1-6,8,12,18,24H,7,9-11,13-14H2,(H2,22,27). The molecule has 8 heteroatoms. The van der Waals surface area contributed by atoms with E-state index < -0.39 is 5.91 Å². The first-order valence-corrected chi connectivity index (χ1v) is 9.23. The SMILES string of the molecule is NC(=O)CCN(C(=O)CN1CCNCC1c1cccnc1)c1ccc(F)cc1. The molecular weight excluding hydrogens is 361 g/mol. The third-order valence-corrected chi connectivity index (χ3v) is 4.78. The monoisotopic (exact) mass is 385 g/mol. The van der Waals surface area contributed by atoms with Crippen molar-refractivity contribution in [3.63, 3.8) is 0 Å². The zero-order chi connectivity index (χ0) is 19.9. The molecule has 148 valence electrons. The Hall–Kier alpha value is -2.84. The van der Waals surface area contributed by atoms with E-state index in [1.807, 2.05) is 12.1 Å². The number of hydrogen-bond acceptors (Lipinski definition) is 5. The zero-order valence-corrected chi connectivity index (χ0v) is 15.6. The first kappa shape index (κ1) is 19.9. The molecule has 3 N–H and O–H groups in total. The van der Waals surface area contributed by atoms with Crippen molar-refractivity contribution in [1.82, 2.24) is 15.2 Å². The lowest BCUT2D eigenvalue weighted by atomic mass is 10.1. The van der Waals surface area contributed by atoms with Gasteiger partial charge in [-0.2, -0.15) is 0 Å². The number of carbonyl (C=O) groups is 2. The Morgan fingerprint density at radius 1 is 1.29 bits per heavy atom. The minimum atomic E-state index is -0.490. The summed E-state index contributed by atoms with van der Waals surface area (Å²) in [5.41, 5.74) is 6.84. The highest BCUT2D eigenvalue weighted by atomic mass is 19.1. The lowest BCUT2D eigenvalue weighted by Crippen LogP contribution is -2.50. The summed E-state index contributed by atoms with van der Waals surface area (Å²) in [4.78, 5) is 32.1. The molecule has 3 rings (SSSR count). The van der Waals surface area contributed by atoms with E-state index in [0.717, 1.165) is 18.7 Å². The Labute approximate surface area is 163 Å². The first-order chi connectivity index (χ1) is 13.5. The van der Waals surface area contributed by atoms with Crippen LogP contribution in [0.1, 0.15) is 18.0 Å². The van der Waals surface area contributed by atoms with Gasteiger partial charge in [0.05, 0.1) is 6.54 Å². The van der Waals surface area contributed by atoms with Gasteiger partial charge in [-0.05, 0) is 35.9 Å². The van der Waals surface area contributed by atoms with Gasteiger partial charge in [-0.3, -0.25) is 19.5 Å². The molecule has 2 amide bonds. The zero-order valence-electron chi connectivity index (χ0n) is 15.6. The summed E-state index contributed by atoms with van der Waals surface area (Å²) in [5.74, 6) is -1.04. The summed E-state index contributed by atoms with van der Waals surface area (Å²) in [5, 5.41) is 3.35. The van der Waals surface area contributed by atoms with E-state index in [-0.39, 0.29) is 37.3 Å². The molecule has 0 radical (unpaired) electrons. The summed E-state index contributed by atoms with van der Waals surface area (Å²) in [7, 11) is 0. The molecule has 1 aromatic carbocycles. The molecule has 0 bridgehead atoms. The van der Waals surface area contributed by atoms with Gasteiger partial charge in [-0.15, -0.1) is 0 Å². The topological polar surface area (TPSA) is 91.6 Å². The number of rotatable bonds is 7. The van der Waals surface area contributed by atoms with Crippen LogP contribution in [0.3, 0.4) is 0 Å². The van der Waals surface area contributed by atoms with E-state index in [1.54, 1.807) is 12.4 Å². The van der Waals surface area contributed by atoms with Crippen molar-refractivity contribution < 1.29 is 14.0 Å². The molecule has 1 aromatic heterocycles. The molecule has 1 fully saturated rings. The third-order valence-electron chi connectivity index (χ3n) is 4.78. The number of pyridine rings is 1. The normalized spacial score (nSPS) is 17.2. The van der Waals surface area contributed by atoms with Crippen LogP contribution in [0.2, 0.25) is 0 Å². The van der Waals surface area contributed by atoms with Crippen molar-refractivity contribution in [3.05, 3.63) is 60.2 Å². The molecule has 7 nitrogen and oxygen atoms in total. The van der Waals surface area contributed by atoms with Gasteiger partial charge in [-0.1, -0.05) is 6.07 Å². The van der Waals surface area contributed by atoms with Gasteiger partial charge in [-0.25, -0.2) is 4.39 Å². The number of nitrogens with one attached hydrogen (secondary N) is 1. The second kappa shape index (κ2) is 9.38. The van der Waals surface area contributed by atoms with Crippen LogP contribution in [-0.4, -0.2) is 54.4 Å². The van der Waals surface area contributed by atoms with Crippen LogP contribution < -0.4 is 16.0 Å². The van der Waals surface area contributed by atoms with E-state index >= 15 is 0 Å². The van der Waals surface area contributed by atoms with Gasteiger partial charge in [0.2, 0.25) is 11.8 Å². The van der Waals surface area contributed by atoms with Gasteiger partial charge in [0.1, 0.15) is 5.82 Å². The molecule has 1 saturated heterocycles. The van der Waals surface area contributed by atoms with Crippen molar-refractivity contribution in [2.45, 2.75) is 12.5 Å². The Morgan fingerprint density at radius 3 is 2.75 bits per heavy atom. The molecule has 2 aromatic rings. The second-order valence-corrected chi connectivity index (χ2v) is 6.71. The average Bonchev–Trinajstić information content (AvgIpc) is 2.70. The van der Waals surface area contributed by atoms with Crippen LogP contribution >= 0.6 is 0 Å². The molecule has 0 spiro atoms. The van der Waals surface area contributed by atoms with Crippen molar-refractivity contribution in [2.75, 3.05) is 37.6 Å². The highest BCUT2D eigenvalue weighted by Crippen LogP contribution is 2.22. The number of primary amides is 1. The van der Waals surface area contributed by atoms with Crippen LogP contribution in [0, 0.1) is 5.82 Å². The molecule has 2 heterocycles. The van der Waals surface area contributed by atoms with Crippen LogP contribution in [0.25, 0.3) is 0 Å². The first-order valence-electron chi connectivity index (χ1n) is 9.23. The number of halogens is 1. The van der Waals surface area contributed by atoms with E-state index in [2.05, 4.69) is 15.2 Å². The van der Waals surface area contributed by atoms with Crippen molar-refractivity contribution in [3.8, 4) is 0 Å². The van der Waals surface area contributed by atoms with Gasteiger partial charge in [0.15, 0.2) is 0 Å². The largest absolute Gasteiger partial charge is 0.370 e. The maximum absolute atomic E-state index is 13.3. The van der Waals surface area contributed by atoms with Crippen LogP contribution in [0.5, 0.6) is 0 Å². The van der Waals surface area contributed by atoms with E-state index in [1.165, 1.54) is 29.2 Å². The minimum Gasteiger partial charge on any atom is -0.370 e. The lowest BCUT2D eigenvalue weighted by molar-refractivity contribution is -0.120. The number of amides is 2. The number of nitrogens with two attached hydrogens (primary N) is 1.